The molecule has 7 heteroatoms. The maximum atomic E-state index is 12.2. The standard InChI is InChI=1S/C13H21N3O3S/c1-9-7-10(2)16(15-9)11(3)13(17)14-12-5-4-6-20(18,19)8-12/h7,11-12H,4-6,8H2,1-3H3,(H,14,17). The Morgan fingerprint density at radius 3 is 2.75 bits per heavy atom. The van der Waals surface area contributed by atoms with E-state index in [1.165, 1.54) is 0 Å². The fourth-order valence-corrected chi connectivity index (χ4v) is 4.24. The molecule has 0 aromatic carbocycles. The van der Waals surface area contributed by atoms with Crippen LogP contribution in [-0.2, 0) is 14.6 Å². The van der Waals surface area contributed by atoms with E-state index in [1.807, 2.05) is 19.9 Å². The van der Waals surface area contributed by atoms with E-state index in [0.29, 0.717) is 6.42 Å². The zero-order chi connectivity index (χ0) is 14.9. The van der Waals surface area contributed by atoms with Crippen LogP contribution < -0.4 is 5.32 Å². The number of amides is 1. The van der Waals surface area contributed by atoms with Gasteiger partial charge in [-0.05, 0) is 39.7 Å². The predicted octanol–water partition coefficient (Wildman–Crippen LogP) is 0.754. The number of carbonyl (C=O) groups excluding carboxylic acids is 1. The molecule has 0 saturated carbocycles. The number of aryl methyl sites for hydroxylation is 2. The molecule has 1 fully saturated rings. The number of rotatable bonds is 3. The second kappa shape index (κ2) is 5.55. The molecule has 1 N–H and O–H groups in total. The fraction of sp³-hybridized carbons (Fsp3) is 0.692. The molecular weight excluding hydrogens is 278 g/mol. The summed E-state index contributed by atoms with van der Waals surface area (Å²) in [4.78, 5) is 12.2. The van der Waals surface area contributed by atoms with Gasteiger partial charge >= 0.3 is 0 Å². The number of hydrogen-bond acceptors (Lipinski definition) is 4. The van der Waals surface area contributed by atoms with Crippen molar-refractivity contribution in [2.45, 2.75) is 45.7 Å². The van der Waals surface area contributed by atoms with Crippen LogP contribution in [0.15, 0.2) is 6.07 Å². The lowest BCUT2D eigenvalue weighted by molar-refractivity contribution is -0.124. The van der Waals surface area contributed by atoms with Gasteiger partial charge in [0.2, 0.25) is 5.91 Å². The van der Waals surface area contributed by atoms with Crippen LogP contribution in [0.5, 0.6) is 0 Å². The third kappa shape index (κ3) is 3.39. The molecule has 2 unspecified atom stereocenters. The summed E-state index contributed by atoms with van der Waals surface area (Å²) < 4.78 is 24.8. The minimum absolute atomic E-state index is 0.0442. The molecule has 1 saturated heterocycles. The van der Waals surface area contributed by atoms with E-state index in [4.69, 9.17) is 0 Å². The van der Waals surface area contributed by atoms with Crippen LogP contribution in [0.1, 0.15) is 37.2 Å². The number of nitrogens with zero attached hydrogens (tertiary/aromatic N) is 2. The molecule has 0 bridgehead atoms. The van der Waals surface area contributed by atoms with E-state index >= 15 is 0 Å². The Hall–Kier alpha value is -1.37. The SMILES string of the molecule is Cc1cc(C)n(C(C)C(=O)NC2CCCS(=O)(=O)C2)n1. The van der Waals surface area contributed by atoms with Gasteiger partial charge < -0.3 is 5.32 Å². The quantitative estimate of drug-likeness (QED) is 0.893. The van der Waals surface area contributed by atoms with Crippen molar-refractivity contribution in [2.24, 2.45) is 0 Å². The molecule has 1 aromatic heterocycles. The van der Waals surface area contributed by atoms with Crippen LogP contribution in [0.4, 0.5) is 0 Å². The van der Waals surface area contributed by atoms with Gasteiger partial charge in [-0.1, -0.05) is 0 Å². The summed E-state index contributed by atoms with van der Waals surface area (Å²) in [7, 11) is -3.01. The minimum Gasteiger partial charge on any atom is -0.350 e. The van der Waals surface area contributed by atoms with Crippen molar-refractivity contribution in [2.75, 3.05) is 11.5 Å². The number of nitrogens with one attached hydrogen (secondary N) is 1. The van der Waals surface area contributed by atoms with Crippen molar-refractivity contribution in [1.82, 2.24) is 15.1 Å². The lowest BCUT2D eigenvalue weighted by Gasteiger charge is -2.25. The molecule has 6 nitrogen and oxygen atoms in total. The summed E-state index contributed by atoms with van der Waals surface area (Å²) in [5, 5.41) is 7.12. The first-order valence-corrected chi connectivity index (χ1v) is 8.64. The molecule has 1 aliphatic rings. The van der Waals surface area contributed by atoms with Crippen molar-refractivity contribution in [3.05, 3.63) is 17.5 Å². The highest BCUT2D eigenvalue weighted by Gasteiger charge is 2.28. The maximum absolute atomic E-state index is 12.2. The van der Waals surface area contributed by atoms with E-state index in [2.05, 4.69) is 10.4 Å². The molecule has 1 aromatic rings. The smallest absolute Gasteiger partial charge is 0.244 e. The van der Waals surface area contributed by atoms with Gasteiger partial charge in [-0.25, -0.2) is 8.42 Å². The van der Waals surface area contributed by atoms with E-state index < -0.39 is 15.9 Å². The molecular formula is C13H21N3O3S. The Morgan fingerprint density at radius 1 is 1.50 bits per heavy atom. The highest BCUT2D eigenvalue weighted by atomic mass is 32.2. The van der Waals surface area contributed by atoms with E-state index in [1.54, 1.807) is 11.6 Å². The van der Waals surface area contributed by atoms with E-state index in [-0.39, 0.29) is 23.5 Å². The molecule has 1 aliphatic heterocycles. The largest absolute Gasteiger partial charge is 0.350 e. The average molecular weight is 299 g/mol. The van der Waals surface area contributed by atoms with Crippen LogP contribution in [0.3, 0.4) is 0 Å². The summed E-state index contributed by atoms with van der Waals surface area (Å²) in [6, 6.07) is 1.20. The Kier molecular flexibility index (Phi) is 4.17. The van der Waals surface area contributed by atoms with Gasteiger partial charge in [0.05, 0.1) is 17.2 Å². The second-order valence-corrected chi connectivity index (χ2v) is 7.74. The maximum Gasteiger partial charge on any atom is 0.244 e. The summed E-state index contributed by atoms with van der Waals surface area (Å²) >= 11 is 0. The lowest BCUT2D eigenvalue weighted by atomic mass is 10.1. The molecule has 2 atom stereocenters. The third-order valence-electron chi connectivity index (χ3n) is 3.60. The molecule has 20 heavy (non-hydrogen) atoms. The van der Waals surface area contributed by atoms with Crippen molar-refractivity contribution in [3.63, 3.8) is 0 Å². The average Bonchev–Trinajstić information content (AvgIpc) is 2.66. The van der Waals surface area contributed by atoms with E-state index in [9.17, 15) is 13.2 Å². The normalized spacial score (nSPS) is 23.2. The fourth-order valence-electron chi connectivity index (χ4n) is 2.61. The molecule has 0 aliphatic carbocycles. The zero-order valence-electron chi connectivity index (χ0n) is 12.1. The number of carbonyl (C=O) groups is 1. The third-order valence-corrected chi connectivity index (χ3v) is 5.42. The van der Waals surface area contributed by atoms with Crippen molar-refractivity contribution >= 4 is 15.7 Å². The lowest BCUT2D eigenvalue weighted by Crippen LogP contribution is -2.45. The summed E-state index contributed by atoms with van der Waals surface area (Å²) in [5.74, 6) is 0.0906. The summed E-state index contributed by atoms with van der Waals surface area (Å²) in [6.07, 6.45) is 1.33. The highest BCUT2D eigenvalue weighted by molar-refractivity contribution is 7.91. The minimum atomic E-state index is -3.01. The van der Waals surface area contributed by atoms with Crippen LogP contribution in [0, 0.1) is 13.8 Å². The Labute approximate surface area is 119 Å². The summed E-state index contributed by atoms with van der Waals surface area (Å²) in [5.41, 5.74) is 1.78. The van der Waals surface area contributed by atoms with Gasteiger partial charge in [0, 0.05) is 11.7 Å². The second-order valence-electron chi connectivity index (χ2n) is 5.51. The first-order chi connectivity index (χ1) is 9.28. The van der Waals surface area contributed by atoms with Crippen LogP contribution in [-0.4, -0.2) is 41.7 Å². The van der Waals surface area contributed by atoms with Gasteiger partial charge in [-0.15, -0.1) is 0 Å². The Morgan fingerprint density at radius 2 is 2.20 bits per heavy atom. The molecule has 0 radical (unpaired) electrons. The predicted molar refractivity (Wildman–Crippen MR) is 76.2 cm³/mol. The van der Waals surface area contributed by atoms with Gasteiger partial charge in [0.1, 0.15) is 6.04 Å². The molecule has 2 heterocycles. The number of hydrogen-bond donors (Lipinski definition) is 1. The first-order valence-electron chi connectivity index (χ1n) is 6.82. The zero-order valence-corrected chi connectivity index (χ0v) is 12.9. The van der Waals surface area contributed by atoms with Gasteiger partial charge in [0.25, 0.3) is 0 Å². The highest BCUT2D eigenvalue weighted by Crippen LogP contribution is 2.15. The first kappa shape index (κ1) is 15.0. The van der Waals surface area contributed by atoms with Crippen molar-refractivity contribution < 1.29 is 13.2 Å². The van der Waals surface area contributed by atoms with Crippen molar-refractivity contribution in [3.8, 4) is 0 Å². The van der Waals surface area contributed by atoms with Gasteiger partial charge in [0.15, 0.2) is 9.84 Å². The van der Waals surface area contributed by atoms with Gasteiger partial charge in [-0.2, -0.15) is 5.10 Å². The number of aromatic nitrogens is 2. The Balaban J connectivity index is 2.03. The molecule has 1 amide bonds. The van der Waals surface area contributed by atoms with Gasteiger partial charge in [-0.3, -0.25) is 9.48 Å². The topological polar surface area (TPSA) is 81.1 Å². The molecule has 112 valence electrons. The molecule has 0 spiro atoms. The summed E-state index contributed by atoms with van der Waals surface area (Å²) in [6.45, 7) is 5.54. The molecule has 2 rings (SSSR count). The van der Waals surface area contributed by atoms with Crippen LogP contribution >= 0.6 is 0 Å². The number of sulfone groups is 1. The van der Waals surface area contributed by atoms with Crippen molar-refractivity contribution in [1.29, 1.82) is 0 Å². The monoisotopic (exact) mass is 299 g/mol. The van der Waals surface area contributed by atoms with E-state index in [0.717, 1.165) is 17.8 Å². The Bertz CT molecular complexity index is 606. The van der Waals surface area contributed by atoms with Crippen LogP contribution in [0.25, 0.3) is 0 Å². The van der Waals surface area contributed by atoms with Crippen LogP contribution in [0.2, 0.25) is 0 Å².